The van der Waals surface area contributed by atoms with Gasteiger partial charge in [-0.05, 0) is 24.5 Å². The van der Waals surface area contributed by atoms with Gasteiger partial charge in [-0.1, -0.05) is 38.1 Å². The van der Waals surface area contributed by atoms with E-state index in [0.29, 0.717) is 18.8 Å². The second-order valence-electron chi connectivity index (χ2n) is 6.14. The Bertz CT molecular complexity index is 431. The van der Waals surface area contributed by atoms with Gasteiger partial charge in [-0.15, -0.1) is 0 Å². The summed E-state index contributed by atoms with van der Waals surface area (Å²) in [6.45, 7) is 9.01. The topological polar surface area (TPSA) is 30.5 Å². The van der Waals surface area contributed by atoms with Gasteiger partial charge in [0.2, 0.25) is 0 Å². The second-order valence-corrected chi connectivity index (χ2v) is 6.14. The fraction of sp³-hybridized carbons (Fsp3) is 0.647. The first-order valence-electron chi connectivity index (χ1n) is 7.50. The Morgan fingerprint density at radius 2 is 1.95 bits per heavy atom. The third-order valence-electron chi connectivity index (χ3n) is 4.50. The summed E-state index contributed by atoms with van der Waals surface area (Å²) in [5.41, 5.74) is 2.80. The van der Waals surface area contributed by atoms with Crippen molar-refractivity contribution in [2.75, 3.05) is 13.7 Å². The van der Waals surface area contributed by atoms with Gasteiger partial charge in [0.25, 0.3) is 0 Å². The van der Waals surface area contributed by atoms with E-state index in [1.807, 2.05) is 0 Å². The first-order chi connectivity index (χ1) is 9.59. The highest BCUT2D eigenvalue weighted by molar-refractivity contribution is 5.26. The van der Waals surface area contributed by atoms with Crippen LogP contribution in [-0.4, -0.2) is 25.9 Å². The van der Waals surface area contributed by atoms with Crippen molar-refractivity contribution in [3.63, 3.8) is 0 Å². The van der Waals surface area contributed by atoms with Crippen molar-refractivity contribution in [3.8, 4) is 0 Å². The highest BCUT2D eigenvalue weighted by atomic mass is 16.5. The van der Waals surface area contributed by atoms with Gasteiger partial charge in [-0.25, -0.2) is 0 Å². The molecule has 0 spiro atoms. The van der Waals surface area contributed by atoms with Crippen LogP contribution in [0.3, 0.4) is 0 Å². The van der Waals surface area contributed by atoms with Gasteiger partial charge in [-0.3, -0.25) is 0 Å². The number of rotatable bonds is 7. The molecule has 0 aromatic heterocycles. The normalized spacial score (nSPS) is 24.4. The molecular weight excluding hydrogens is 250 g/mol. The predicted molar refractivity (Wildman–Crippen MR) is 81.6 cm³/mol. The zero-order chi connectivity index (χ0) is 14.6. The lowest BCUT2D eigenvalue weighted by Crippen LogP contribution is -2.60. The maximum absolute atomic E-state index is 5.78. The Labute approximate surface area is 122 Å². The third-order valence-corrected chi connectivity index (χ3v) is 4.50. The number of ether oxygens (including phenoxy) is 2. The Hall–Kier alpha value is -0.900. The number of hydrogen-bond acceptors (Lipinski definition) is 3. The smallest absolute Gasteiger partial charge is 0.0716 e. The molecule has 0 radical (unpaired) electrons. The standard InChI is InChI=1S/C17H27NO2/c1-5-20-16-10-15(17(16,2)3)18-11-13-8-6-7-9-14(13)12-19-4/h6-9,15-16,18H,5,10-12H2,1-4H3. The SMILES string of the molecule is CCOC1CC(NCc2ccccc2COC)C1(C)C. The van der Waals surface area contributed by atoms with Crippen molar-refractivity contribution in [1.82, 2.24) is 5.32 Å². The van der Waals surface area contributed by atoms with Crippen LogP contribution in [-0.2, 0) is 22.6 Å². The monoisotopic (exact) mass is 277 g/mol. The van der Waals surface area contributed by atoms with Crippen LogP contribution in [0.2, 0.25) is 0 Å². The molecule has 0 heterocycles. The maximum atomic E-state index is 5.78. The van der Waals surface area contributed by atoms with Crippen molar-refractivity contribution < 1.29 is 9.47 Å². The molecule has 112 valence electrons. The number of methoxy groups -OCH3 is 1. The third kappa shape index (κ3) is 3.22. The molecule has 0 amide bonds. The highest BCUT2D eigenvalue weighted by Crippen LogP contribution is 2.42. The summed E-state index contributed by atoms with van der Waals surface area (Å²) in [4.78, 5) is 0. The molecule has 1 aromatic carbocycles. The van der Waals surface area contributed by atoms with E-state index in [9.17, 15) is 0 Å². The first-order valence-corrected chi connectivity index (χ1v) is 7.50. The van der Waals surface area contributed by atoms with Gasteiger partial charge >= 0.3 is 0 Å². The van der Waals surface area contributed by atoms with Crippen molar-refractivity contribution in [2.24, 2.45) is 5.41 Å². The lowest BCUT2D eigenvalue weighted by Gasteiger charge is -2.52. The summed E-state index contributed by atoms with van der Waals surface area (Å²) >= 11 is 0. The minimum absolute atomic E-state index is 0.214. The van der Waals surface area contributed by atoms with E-state index in [0.717, 1.165) is 19.6 Å². The van der Waals surface area contributed by atoms with Gasteiger partial charge in [-0.2, -0.15) is 0 Å². The highest BCUT2D eigenvalue weighted by Gasteiger charge is 2.48. The van der Waals surface area contributed by atoms with Crippen LogP contribution < -0.4 is 5.32 Å². The number of benzene rings is 1. The van der Waals surface area contributed by atoms with Crippen LogP contribution in [0, 0.1) is 5.41 Å². The molecule has 2 unspecified atom stereocenters. The molecule has 3 nitrogen and oxygen atoms in total. The van der Waals surface area contributed by atoms with Gasteiger partial charge in [0.05, 0.1) is 12.7 Å². The summed E-state index contributed by atoms with van der Waals surface area (Å²) in [5.74, 6) is 0. The van der Waals surface area contributed by atoms with Gasteiger partial charge < -0.3 is 14.8 Å². The van der Waals surface area contributed by atoms with Crippen LogP contribution in [0.15, 0.2) is 24.3 Å². The van der Waals surface area contributed by atoms with Crippen molar-refractivity contribution >= 4 is 0 Å². The molecule has 1 fully saturated rings. The van der Waals surface area contributed by atoms with E-state index in [2.05, 4.69) is 50.4 Å². The summed E-state index contributed by atoms with van der Waals surface area (Å²) in [7, 11) is 1.74. The molecule has 1 N–H and O–H groups in total. The van der Waals surface area contributed by atoms with Gasteiger partial charge in [0.1, 0.15) is 0 Å². The predicted octanol–water partition coefficient (Wildman–Crippen LogP) is 3.13. The van der Waals surface area contributed by atoms with E-state index >= 15 is 0 Å². The maximum Gasteiger partial charge on any atom is 0.0716 e. The molecule has 0 bridgehead atoms. The van der Waals surface area contributed by atoms with E-state index in [4.69, 9.17) is 9.47 Å². The summed E-state index contributed by atoms with van der Waals surface area (Å²) in [6, 6.07) is 8.98. The molecule has 0 aliphatic heterocycles. The van der Waals surface area contributed by atoms with Crippen LogP contribution in [0.4, 0.5) is 0 Å². The summed E-state index contributed by atoms with van der Waals surface area (Å²) in [5, 5.41) is 3.68. The number of hydrogen-bond donors (Lipinski definition) is 1. The van der Waals surface area contributed by atoms with Crippen molar-refractivity contribution in [2.45, 2.75) is 52.5 Å². The molecule has 20 heavy (non-hydrogen) atoms. The summed E-state index contributed by atoms with van der Waals surface area (Å²) < 4.78 is 11.0. The van der Waals surface area contributed by atoms with E-state index in [-0.39, 0.29) is 5.41 Å². The second kappa shape index (κ2) is 6.70. The minimum atomic E-state index is 0.214. The van der Waals surface area contributed by atoms with E-state index in [1.54, 1.807) is 7.11 Å². The Balaban J connectivity index is 1.90. The quantitative estimate of drug-likeness (QED) is 0.830. The van der Waals surface area contributed by atoms with Gasteiger partial charge in [0, 0.05) is 31.7 Å². The van der Waals surface area contributed by atoms with Crippen LogP contribution in [0.5, 0.6) is 0 Å². The first kappa shape index (κ1) is 15.5. The molecule has 1 saturated carbocycles. The van der Waals surface area contributed by atoms with Crippen LogP contribution in [0.1, 0.15) is 38.3 Å². The average Bonchev–Trinajstić information content (AvgIpc) is 2.44. The molecule has 3 heteroatoms. The molecule has 2 rings (SSSR count). The lowest BCUT2D eigenvalue weighted by molar-refractivity contribution is -0.114. The fourth-order valence-corrected chi connectivity index (χ4v) is 2.98. The largest absolute Gasteiger partial charge is 0.380 e. The Morgan fingerprint density at radius 1 is 1.25 bits per heavy atom. The van der Waals surface area contributed by atoms with Crippen molar-refractivity contribution in [3.05, 3.63) is 35.4 Å². The Morgan fingerprint density at radius 3 is 2.55 bits per heavy atom. The van der Waals surface area contributed by atoms with Gasteiger partial charge in [0.15, 0.2) is 0 Å². The average molecular weight is 277 g/mol. The Kier molecular flexibility index (Phi) is 5.19. The van der Waals surface area contributed by atoms with Crippen LogP contribution >= 0.6 is 0 Å². The van der Waals surface area contributed by atoms with Crippen molar-refractivity contribution in [1.29, 1.82) is 0 Å². The lowest BCUT2D eigenvalue weighted by atomic mass is 9.64. The van der Waals surface area contributed by atoms with E-state index in [1.165, 1.54) is 11.1 Å². The molecule has 0 saturated heterocycles. The molecule has 1 aliphatic carbocycles. The minimum Gasteiger partial charge on any atom is -0.380 e. The molecule has 1 aromatic rings. The molecular formula is C17H27NO2. The molecule has 2 atom stereocenters. The fourth-order valence-electron chi connectivity index (χ4n) is 2.98. The zero-order valence-corrected chi connectivity index (χ0v) is 13.1. The zero-order valence-electron chi connectivity index (χ0n) is 13.1. The van der Waals surface area contributed by atoms with E-state index < -0.39 is 0 Å². The summed E-state index contributed by atoms with van der Waals surface area (Å²) in [6.07, 6.45) is 1.49. The number of nitrogens with one attached hydrogen (secondary N) is 1. The molecule has 1 aliphatic rings. The van der Waals surface area contributed by atoms with Crippen LogP contribution in [0.25, 0.3) is 0 Å².